The lowest BCUT2D eigenvalue weighted by Gasteiger charge is -2.22. The molecule has 6 heteroatoms. The molecule has 0 heterocycles. The van der Waals surface area contributed by atoms with Crippen LogP contribution in [0, 0.1) is 0 Å². The molecule has 0 aliphatic rings. The summed E-state index contributed by atoms with van der Waals surface area (Å²) in [6.45, 7) is 0. The van der Waals surface area contributed by atoms with Crippen molar-refractivity contribution in [2.24, 2.45) is 0 Å². The highest BCUT2D eigenvalue weighted by Gasteiger charge is 2.24. The zero-order valence-corrected chi connectivity index (χ0v) is 19.7. The topological polar surface area (TPSA) is 99.4 Å². The normalized spacial score (nSPS) is 10.8. The Morgan fingerprint density at radius 1 is 0.432 bits per heavy atom. The van der Waals surface area contributed by atoms with Crippen LogP contribution in [0.3, 0.4) is 0 Å². The van der Waals surface area contributed by atoms with Crippen LogP contribution < -0.4 is 9.47 Å². The first kappa shape index (κ1) is 23.6. The number of hydrogen-bond acceptors (Lipinski definition) is 6. The quantitative estimate of drug-likeness (QED) is 0.178. The molecular weight excluding hydrogens is 468 g/mol. The van der Waals surface area contributed by atoms with Crippen molar-refractivity contribution in [2.45, 2.75) is 5.92 Å². The molecule has 5 rings (SSSR count). The van der Waals surface area contributed by atoms with Crippen LogP contribution in [0.1, 0.15) is 22.6 Å². The van der Waals surface area contributed by atoms with Crippen molar-refractivity contribution < 1.29 is 29.9 Å². The standard InChI is InChI=1S/C31H24O6/c32-21-6-10-23(11-7-21)36-25-14-16-29(34)27(18-25)31(20-4-2-1-3-5-20)28-19-26(15-17-30(28)35)37-24-12-8-22(33)9-13-24/h1-19,31-35H. The van der Waals surface area contributed by atoms with Gasteiger partial charge in [-0.2, -0.15) is 0 Å². The summed E-state index contributed by atoms with van der Waals surface area (Å²) in [5.74, 6) is 1.81. The highest BCUT2D eigenvalue weighted by atomic mass is 16.5. The summed E-state index contributed by atoms with van der Waals surface area (Å²) in [7, 11) is 0. The van der Waals surface area contributed by atoms with Crippen LogP contribution in [0.5, 0.6) is 46.0 Å². The van der Waals surface area contributed by atoms with Gasteiger partial charge in [0.05, 0.1) is 0 Å². The third-order valence-electron chi connectivity index (χ3n) is 5.90. The lowest BCUT2D eigenvalue weighted by molar-refractivity contribution is 0.447. The summed E-state index contributed by atoms with van der Waals surface area (Å²) < 4.78 is 11.9. The summed E-state index contributed by atoms with van der Waals surface area (Å²) in [6.07, 6.45) is 0. The van der Waals surface area contributed by atoms with Gasteiger partial charge < -0.3 is 29.9 Å². The summed E-state index contributed by atoms with van der Waals surface area (Å²) in [6, 6.07) is 32.1. The molecule has 6 nitrogen and oxygen atoms in total. The smallest absolute Gasteiger partial charge is 0.128 e. The molecule has 0 aliphatic heterocycles. The van der Waals surface area contributed by atoms with Crippen molar-refractivity contribution in [3.63, 3.8) is 0 Å². The molecule has 0 atom stereocenters. The van der Waals surface area contributed by atoms with E-state index >= 15 is 0 Å². The monoisotopic (exact) mass is 492 g/mol. The largest absolute Gasteiger partial charge is 0.508 e. The van der Waals surface area contributed by atoms with Crippen molar-refractivity contribution in [1.82, 2.24) is 0 Å². The van der Waals surface area contributed by atoms with E-state index in [2.05, 4.69) is 0 Å². The van der Waals surface area contributed by atoms with Crippen LogP contribution in [0.15, 0.2) is 115 Å². The minimum absolute atomic E-state index is 0.0381. The van der Waals surface area contributed by atoms with Gasteiger partial charge in [-0.15, -0.1) is 0 Å². The summed E-state index contributed by atoms with van der Waals surface area (Å²) in [4.78, 5) is 0. The first-order chi connectivity index (χ1) is 18.0. The van der Waals surface area contributed by atoms with Gasteiger partial charge in [-0.3, -0.25) is 0 Å². The van der Waals surface area contributed by atoms with Crippen molar-refractivity contribution >= 4 is 0 Å². The first-order valence-electron chi connectivity index (χ1n) is 11.6. The summed E-state index contributed by atoms with van der Waals surface area (Å²) >= 11 is 0. The average Bonchev–Trinajstić information content (AvgIpc) is 2.91. The van der Waals surface area contributed by atoms with Crippen molar-refractivity contribution in [3.8, 4) is 46.0 Å². The molecule has 0 saturated carbocycles. The van der Waals surface area contributed by atoms with E-state index in [1.807, 2.05) is 30.3 Å². The Morgan fingerprint density at radius 2 is 0.838 bits per heavy atom. The Balaban J connectivity index is 1.57. The zero-order chi connectivity index (χ0) is 25.8. The molecule has 0 spiro atoms. The Labute approximate surface area is 213 Å². The third-order valence-corrected chi connectivity index (χ3v) is 5.90. The first-order valence-corrected chi connectivity index (χ1v) is 11.6. The van der Waals surface area contributed by atoms with Gasteiger partial charge in [0, 0.05) is 17.0 Å². The van der Waals surface area contributed by atoms with Gasteiger partial charge in [0.1, 0.15) is 46.0 Å². The molecule has 184 valence electrons. The fourth-order valence-corrected chi connectivity index (χ4v) is 4.13. The van der Waals surface area contributed by atoms with Gasteiger partial charge >= 0.3 is 0 Å². The van der Waals surface area contributed by atoms with E-state index in [4.69, 9.17) is 9.47 Å². The van der Waals surface area contributed by atoms with Crippen LogP contribution >= 0.6 is 0 Å². The zero-order valence-electron chi connectivity index (χ0n) is 19.7. The van der Waals surface area contributed by atoms with Crippen LogP contribution in [-0.4, -0.2) is 20.4 Å². The number of aromatic hydroxyl groups is 4. The number of phenols is 4. The van der Waals surface area contributed by atoms with E-state index in [1.54, 1.807) is 60.7 Å². The summed E-state index contributed by atoms with van der Waals surface area (Å²) in [5.41, 5.74) is 1.90. The highest BCUT2D eigenvalue weighted by Crippen LogP contribution is 2.43. The molecule has 0 aromatic heterocycles. The molecular formula is C31H24O6. The third kappa shape index (κ3) is 5.44. The number of phenolic OH excluding ortho intramolecular Hbond substituents is 4. The van der Waals surface area contributed by atoms with Crippen molar-refractivity contribution in [1.29, 1.82) is 0 Å². The molecule has 0 radical (unpaired) electrons. The van der Waals surface area contributed by atoms with Crippen LogP contribution in [0.2, 0.25) is 0 Å². The predicted octanol–water partition coefficient (Wildman–Crippen LogP) is 7.27. The van der Waals surface area contributed by atoms with Crippen LogP contribution in [0.25, 0.3) is 0 Å². The van der Waals surface area contributed by atoms with Gasteiger partial charge in [0.25, 0.3) is 0 Å². The minimum atomic E-state index is -0.548. The minimum Gasteiger partial charge on any atom is -0.508 e. The molecule has 0 aliphatic carbocycles. The van der Waals surface area contributed by atoms with E-state index < -0.39 is 5.92 Å². The molecule has 5 aromatic rings. The molecule has 0 unspecified atom stereocenters. The predicted molar refractivity (Wildman–Crippen MR) is 140 cm³/mol. The molecule has 0 fully saturated rings. The molecule has 0 bridgehead atoms. The van der Waals surface area contributed by atoms with E-state index in [1.165, 1.54) is 24.3 Å². The second-order valence-corrected chi connectivity index (χ2v) is 8.48. The van der Waals surface area contributed by atoms with Gasteiger partial charge in [-0.05, 0) is 90.5 Å². The maximum Gasteiger partial charge on any atom is 0.128 e. The molecule has 0 saturated heterocycles. The average molecular weight is 493 g/mol. The number of benzene rings is 5. The number of rotatable bonds is 7. The van der Waals surface area contributed by atoms with Crippen LogP contribution in [0.4, 0.5) is 0 Å². The Hall–Kier alpha value is -5.10. The Bertz CT molecular complexity index is 1400. The molecule has 37 heavy (non-hydrogen) atoms. The molecule has 0 amide bonds. The maximum absolute atomic E-state index is 10.9. The van der Waals surface area contributed by atoms with E-state index in [0.29, 0.717) is 34.1 Å². The number of ether oxygens (including phenoxy) is 2. The Morgan fingerprint density at radius 3 is 1.27 bits per heavy atom. The SMILES string of the molecule is Oc1ccc(Oc2ccc(O)c(C(c3ccccc3)c3cc(Oc4ccc(O)cc4)ccc3O)c2)cc1. The molecule has 5 aromatic carbocycles. The van der Waals surface area contributed by atoms with Gasteiger partial charge in [-0.25, -0.2) is 0 Å². The van der Waals surface area contributed by atoms with Gasteiger partial charge in [0.15, 0.2) is 0 Å². The second-order valence-electron chi connectivity index (χ2n) is 8.48. The van der Waals surface area contributed by atoms with Crippen molar-refractivity contribution in [3.05, 3.63) is 132 Å². The lowest BCUT2D eigenvalue weighted by Crippen LogP contribution is -2.05. The maximum atomic E-state index is 10.9. The number of hydrogen-bond donors (Lipinski definition) is 4. The second kappa shape index (κ2) is 10.3. The van der Waals surface area contributed by atoms with E-state index in [9.17, 15) is 20.4 Å². The fourth-order valence-electron chi connectivity index (χ4n) is 4.13. The van der Waals surface area contributed by atoms with E-state index in [0.717, 1.165) is 5.56 Å². The summed E-state index contributed by atoms with van der Waals surface area (Å²) in [5, 5.41) is 40.9. The molecule has 4 N–H and O–H groups in total. The van der Waals surface area contributed by atoms with Crippen LogP contribution in [-0.2, 0) is 0 Å². The lowest BCUT2D eigenvalue weighted by atomic mass is 9.84. The van der Waals surface area contributed by atoms with E-state index in [-0.39, 0.29) is 23.0 Å². The van der Waals surface area contributed by atoms with Crippen molar-refractivity contribution in [2.75, 3.05) is 0 Å². The Kier molecular flexibility index (Phi) is 6.55. The van der Waals surface area contributed by atoms with Gasteiger partial charge in [0.2, 0.25) is 0 Å². The highest BCUT2D eigenvalue weighted by molar-refractivity contribution is 5.56. The fraction of sp³-hybridized carbons (Fsp3) is 0.0323. The van der Waals surface area contributed by atoms with Gasteiger partial charge in [-0.1, -0.05) is 30.3 Å².